The van der Waals surface area contributed by atoms with Crippen LogP contribution < -0.4 is 0 Å². The number of aryl methyl sites for hydroxylation is 2. The Morgan fingerprint density at radius 1 is 1.23 bits per heavy atom. The molecule has 0 radical (unpaired) electrons. The summed E-state index contributed by atoms with van der Waals surface area (Å²) in [5.74, 6) is -0.242. The average Bonchev–Trinajstić information content (AvgIpc) is 3.08. The second-order valence-electron chi connectivity index (χ2n) is 8.24. The van der Waals surface area contributed by atoms with Crippen LogP contribution in [0.4, 0.5) is 0 Å². The molecule has 0 aliphatic carbocycles. The normalized spacial score (nSPS) is 13.2. The molecule has 2 aromatic rings. The van der Waals surface area contributed by atoms with E-state index in [0.29, 0.717) is 29.1 Å². The summed E-state index contributed by atoms with van der Waals surface area (Å²) in [7, 11) is 1.41. The highest BCUT2D eigenvalue weighted by atomic mass is 16.7. The van der Waals surface area contributed by atoms with Crippen LogP contribution in [0.25, 0.3) is 11.3 Å². The lowest BCUT2D eigenvalue weighted by Gasteiger charge is -2.21. The zero-order valence-corrected chi connectivity index (χ0v) is 19.4. The Kier molecular flexibility index (Phi) is 8.01. The molecular weight excluding hydrogens is 394 g/mol. The van der Waals surface area contributed by atoms with Gasteiger partial charge >= 0.3 is 5.97 Å². The summed E-state index contributed by atoms with van der Waals surface area (Å²) in [6.45, 7) is 12.3. The van der Waals surface area contributed by atoms with Gasteiger partial charge in [0.1, 0.15) is 23.9 Å². The zero-order chi connectivity index (χ0) is 23.2. The van der Waals surface area contributed by atoms with E-state index in [-0.39, 0.29) is 12.0 Å². The van der Waals surface area contributed by atoms with Crippen LogP contribution >= 0.6 is 0 Å². The third kappa shape index (κ3) is 6.19. The Bertz CT molecular complexity index is 976. The second-order valence-corrected chi connectivity index (χ2v) is 8.24. The minimum atomic E-state index is -0.921. The van der Waals surface area contributed by atoms with E-state index < -0.39 is 12.3 Å². The van der Waals surface area contributed by atoms with Crippen molar-refractivity contribution in [1.29, 1.82) is 5.26 Å². The summed E-state index contributed by atoms with van der Waals surface area (Å²) in [5.41, 5.74) is 3.64. The minimum Gasteiger partial charge on any atom is -0.451 e. The lowest BCUT2D eigenvalue weighted by molar-refractivity contribution is -0.168. The van der Waals surface area contributed by atoms with Crippen LogP contribution in [-0.4, -0.2) is 35.8 Å². The summed E-state index contributed by atoms with van der Waals surface area (Å²) >= 11 is 0. The summed E-state index contributed by atoms with van der Waals surface area (Å²) in [6.07, 6.45) is -0.921. The molecule has 7 heteroatoms. The number of carbonyl (C=O) groups is 1. The third-order valence-electron chi connectivity index (χ3n) is 4.66. The number of rotatable bonds is 8. The van der Waals surface area contributed by atoms with Gasteiger partial charge in [-0.05, 0) is 36.5 Å². The summed E-state index contributed by atoms with van der Waals surface area (Å²) in [4.78, 5) is 11.8. The molecule has 7 nitrogen and oxygen atoms in total. The molecule has 0 saturated carbocycles. The number of ether oxygens (including phenoxy) is 3. The highest BCUT2D eigenvalue weighted by molar-refractivity contribution is 5.94. The zero-order valence-electron chi connectivity index (χ0n) is 19.4. The molecule has 1 atom stereocenters. The lowest BCUT2D eigenvalue weighted by atomic mass is 9.86. The van der Waals surface area contributed by atoms with Crippen LogP contribution in [0.2, 0.25) is 0 Å². The van der Waals surface area contributed by atoms with E-state index in [2.05, 4.69) is 31.9 Å². The Morgan fingerprint density at radius 3 is 2.39 bits per heavy atom. The van der Waals surface area contributed by atoms with Gasteiger partial charge in [0.2, 0.25) is 6.29 Å². The van der Waals surface area contributed by atoms with E-state index in [4.69, 9.17) is 14.2 Å². The highest BCUT2D eigenvalue weighted by Gasteiger charge is 2.23. The molecule has 0 amide bonds. The quantitative estimate of drug-likeness (QED) is 0.269. The van der Waals surface area contributed by atoms with Crippen molar-refractivity contribution in [3.8, 4) is 6.07 Å². The molecule has 1 unspecified atom stereocenters. The largest absolute Gasteiger partial charge is 0.451 e. The number of carbonyl (C=O) groups excluding carboxylic acids is 1. The first-order valence-electron chi connectivity index (χ1n) is 10.3. The molecule has 0 aliphatic heterocycles. The van der Waals surface area contributed by atoms with Crippen molar-refractivity contribution in [2.45, 2.75) is 59.8 Å². The predicted molar refractivity (Wildman–Crippen MR) is 119 cm³/mol. The number of nitriles is 1. The van der Waals surface area contributed by atoms with Crippen LogP contribution in [-0.2, 0) is 31.0 Å². The van der Waals surface area contributed by atoms with Crippen molar-refractivity contribution in [1.82, 2.24) is 9.78 Å². The number of hydrogen-bond donors (Lipinski definition) is 0. The highest BCUT2D eigenvalue weighted by Crippen LogP contribution is 2.31. The van der Waals surface area contributed by atoms with Crippen molar-refractivity contribution in [3.63, 3.8) is 0 Å². The first kappa shape index (κ1) is 24.2. The standard InChI is InChI=1S/C24H31N3O4/c1-8-27-21(13-16(2)26-27)23(31-17(3)30-22(28)15-29-7)20(14-25)18-9-11-19(12-10-18)24(4,5)6/h9-13,17H,8,15H2,1-7H3/b23-20-. The van der Waals surface area contributed by atoms with Gasteiger partial charge in [-0.2, -0.15) is 10.4 Å². The molecule has 0 bridgehead atoms. The Hall–Kier alpha value is -3.11. The summed E-state index contributed by atoms with van der Waals surface area (Å²) in [6, 6.07) is 11.9. The van der Waals surface area contributed by atoms with E-state index in [9.17, 15) is 10.1 Å². The molecule has 0 fully saturated rings. The van der Waals surface area contributed by atoms with Crippen molar-refractivity contribution < 1.29 is 19.0 Å². The topological polar surface area (TPSA) is 86.4 Å². The van der Waals surface area contributed by atoms with Crippen LogP contribution in [0.1, 0.15) is 57.1 Å². The molecule has 0 saturated heterocycles. The third-order valence-corrected chi connectivity index (χ3v) is 4.66. The monoisotopic (exact) mass is 425 g/mol. The average molecular weight is 426 g/mol. The van der Waals surface area contributed by atoms with Gasteiger partial charge in [-0.1, -0.05) is 45.0 Å². The number of allylic oxidation sites excluding steroid dienone is 1. The van der Waals surface area contributed by atoms with E-state index in [1.54, 1.807) is 11.6 Å². The number of nitrogens with zero attached hydrogens (tertiary/aromatic N) is 3. The first-order valence-corrected chi connectivity index (χ1v) is 10.3. The fourth-order valence-electron chi connectivity index (χ4n) is 3.13. The van der Waals surface area contributed by atoms with Gasteiger partial charge in [-0.15, -0.1) is 0 Å². The molecule has 31 heavy (non-hydrogen) atoms. The van der Waals surface area contributed by atoms with Crippen molar-refractivity contribution in [2.75, 3.05) is 13.7 Å². The van der Waals surface area contributed by atoms with E-state index in [0.717, 1.165) is 11.3 Å². The van der Waals surface area contributed by atoms with Crippen LogP contribution in [0.5, 0.6) is 0 Å². The lowest BCUT2D eigenvalue weighted by Crippen LogP contribution is -2.21. The molecule has 2 rings (SSSR count). The van der Waals surface area contributed by atoms with Gasteiger partial charge in [0, 0.05) is 20.6 Å². The van der Waals surface area contributed by atoms with Crippen molar-refractivity contribution >= 4 is 17.3 Å². The van der Waals surface area contributed by atoms with Crippen molar-refractivity contribution in [3.05, 3.63) is 52.8 Å². The van der Waals surface area contributed by atoms with Gasteiger partial charge in [-0.3, -0.25) is 4.68 Å². The van der Waals surface area contributed by atoms with Gasteiger partial charge in [0.05, 0.1) is 5.69 Å². The first-order chi connectivity index (χ1) is 14.6. The maximum Gasteiger partial charge on any atom is 0.335 e. The van der Waals surface area contributed by atoms with Gasteiger partial charge < -0.3 is 14.2 Å². The smallest absolute Gasteiger partial charge is 0.335 e. The molecule has 166 valence electrons. The molecule has 0 aliphatic rings. The number of aromatic nitrogens is 2. The van der Waals surface area contributed by atoms with Gasteiger partial charge in [0.25, 0.3) is 0 Å². The summed E-state index contributed by atoms with van der Waals surface area (Å²) < 4.78 is 17.8. The number of benzene rings is 1. The van der Waals surface area contributed by atoms with Crippen LogP contribution in [0.3, 0.4) is 0 Å². The fraction of sp³-hybridized carbons (Fsp3) is 0.458. The fourth-order valence-corrected chi connectivity index (χ4v) is 3.13. The SMILES string of the molecule is CCn1nc(C)cc1/C(OC(C)OC(=O)COC)=C(\C#N)c1ccc(C(C)(C)C)cc1. The van der Waals surface area contributed by atoms with Crippen molar-refractivity contribution in [2.24, 2.45) is 0 Å². The van der Waals surface area contributed by atoms with Crippen LogP contribution in [0.15, 0.2) is 30.3 Å². The summed E-state index contributed by atoms with van der Waals surface area (Å²) in [5, 5.41) is 14.5. The maximum absolute atomic E-state index is 11.8. The molecular formula is C24H31N3O4. The van der Waals surface area contributed by atoms with E-state index >= 15 is 0 Å². The van der Waals surface area contributed by atoms with Gasteiger partial charge in [-0.25, -0.2) is 4.79 Å². The molecule has 1 aromatic heterocycles. The number of esters is 1. The minimum absolute atomic E-state index is 0.00358. The van der Waals surface area contributed by atoms with Crippen LogP contribution in [0, 0.1) is 18.3 Å². The Labute approximate surface area is 184 Å². The molecule has 0 N–H and O–H groups in total. The molecule has 1 heterocycles. The second kappa shape index (κ2) is 10.3. The van der Waals surface area contributed by atoms with E-state index in [1.165, 1.54) is 7.11 Å². The maximum atomic E-state index is 11.8. The Balaban J connectivity index is 2.56. The number of methoxy groups -OCH3 is 1. The predicted octanol–water partition coefficient (Wildman–Crippen LogP) is 4.45. The number of hydrogen-bond acceptors (Lipinski definition) is 6. The molecule has 1 aromatic carbocycles. The van der Waals surface area contributed by atoms with E-state index in [1.807, 2.05) is 44.2 Å². The molecule has 0 spiro atoms. The van der Waals surface area contributed by atoms with Gasteiger partial charge in [0.15, 0.2) is 5.76 Å². The Morgan fingerprint density at radius 2 is 1.87 bits per heavy atom.